The molecule has 0 bridgehead atoms. The van der Waals surface area contributed by atoms with Crippen molar-refractivity contribution in [1.29, 1.82) is 0 Å². The molecule has 0 aliphatic carbocycles. The van der Waals surface area contributed by atoms with Crippen LogP contribution in [0.5, 0.6) is 0 Å². The molecule has 0 amide bonds. The smallest absolute Gasteiger partial charge is 0.107 e. The SMILES string of the molecule is CCCN(Cc1nc(C(C)(C)C)cs1)C1CCNCC1.Cl.Cl. The minimum absolute atomic E-state index is 0. The third-order valence-corrected chi connectivity index (χ3v) is 4.83. The molecule has 2 rings (SSSR count). The van der Waals surface area contributed by atoms with Gasteiger partial charge in [0.15, 0.2) is 0 Å². The van der Waals surface area contributed by atoms with E-state index in [-0.39, 0.29) is 30.2 Å². The summed E-state index contributed by atoms with van der Waals surface area (Å²) in [6, 6.07) is 0.734. The van der Waals surface area contributed by atoms with Crippen molar-refractivity contribution in [3.8, 4) is 0 Å². The lowest BCUT2D eigenvalue weighted by Gasteiger charge is -2.34. The van der Waals surface area contributed by atoms with Gasteiger partial charge < -0.3 is 5.32 Å². The van der Waals surface area contributed by atoms with Crippen LogP contribution in [-0.4, -0.2) is 35.6 Å². The van der Waals surface area contributed by atoms with Crippen LogP contribution in [0.3, 0.4) is 0 Å². The van der Waals surface area contributed by atoms with E-state index in [9.17, 15) is 0 Å². The van der Waals surface area contributed by atoms with Gasteiger partial charge in [-0.25, -0.2) is 4.98 Å². The molecular formula is C16H31Cl2N3S. The summed E-state index contributed by atoms with van der Waals surface area (Å²) < 4.78 is 0. The Morgan fingerprint density at radius 1 is 1.27 bits per heavy atom. The van der Waals surface area contributed by atoms with Gasteiger partial charge in [-0.05, 0) is 38.9 Å². The zero-order chi connectivity index (χ0) is 14.6. The second-order valence-corrected chi connectivity index (χ2v) is 7.77. The first-order valence-electron chi connectivity index (χ1n) is 7.90. The molecule has 0 saturated carbocycles. The topological polar surface area (TPSA) is 28.2 Å². The van der Waals surface area contributed by atoms with Crippen LogP contribution in [0.4, 0.5) is 0 Å². The fraction of sp³-hybridized carbons (Fsp3) is 0.812. The van der Waals surface area contributed by atoms with E-state index >= 15 is 0 Å². The molecule has 1 aromatic rings. The molecule has 1 aliphatic heterocycles. The van der Waals surface area contributed by atoms with Gasteiger partial charge in [-0.2, -0.15) is 0 Å². The molecule has 1 fully saturated rings. The maximum absolute atomic E-state index is 4.86. The molecule has 6 heteroatoms. The molecule has 1 N–H and O–H groups in total. The van der Waals surface area contributed by atoms with E-state index < -0.39 is 0 Å². The van der Waals surface area contributed by atoms with Crippen molar-refractivity contribution in [2.24, 2.45) is 0 Å². The highest BCUT2D eigenvalue weighted by Gasteiger charge is 2.23. The van der Waals surface area contributed by atoms with Crippen molar-refractivity contribution in [3.63, 3.8) is 0 Å². The van der Waals surface area contributed by atoms with Crippen LogP contribution < -0.4 is 5.32 Å². The molecular weight excluding hydrogens is 337 g/mol. The third kappa shape index (κ3) is 6.32. The highest BCUT2D eigenvalue weighted by Crippen LogP contribution is 2.25. The molecule has 0 aromatic carbocycles. The van der Waals surface area contributed by atoms with Crippen molar-refractivity contribution in [2.75, 3.05) is 19.6 Å². The van der Waals surface area contributed by atoms with E-state index in [1.165, 1.54) is 36.5 Å². The zero-order valence-corrected chi connectivity index (χ0v) is 16.7. The first-order valence-corrected chi connectivity index (χ1v) is 8.78. The normalized spacial score (nSPS) is 16.2. The van der Waals surface area contributed by atoms with E-state index in [0.29, 0.717) is 0 Å². The molecule has 3 nitrogen and oxygen atoms in total. The lowest BCUT2D eigenvalue weighted by Crippen LogP contribution is -2.43. The average Bonchev–Trinajstić information content (AvgIpc) is 2.88. The average molecular weight is 368 g/mol. The number of aromatic nitrogens is 1. The Balaban J connectivity index is 0.00000220. The quantitative estimate of drug-likeness (QED) is 0.842. The number of thiazole rings is 1. The van der Waals surface area contributed by atoms with Gasteiger partial charge in [0, 0.05) is 16.8 Å². The van der Waals surface area contributed by atoms with Gasteiger partial charge in [-0.15, -0.1) is 36.2 Å². The van der Waals surface area contributed by atoms with Gasteiger partial charge in [0.1, 0.15) is 5.01 Å². The second kappa shape index (κ2) is 10.1. The van der Waals surface area contributed by atoms with E-state index in [2.05, 4.69) is 43.3 Å². The predicted octanol–water partition coefficient (Wildman–Crippen LogP) is 4.25. The summed E-state index contributed by atoms with van der Waals surface area (Å²) in [5.41, 5.74) is 1.40. The summed E-state index contributed by atoms with van der Waals surface area (Å²) in [5.74, 6) is 0. The van der Waals surface area contributed by atoms with Gasteiger partial charge >= 0.3 is 0 Å². The Morgan fingerprint density at radius 3 is 2.41 bits per heavy atom. The Hall–Kier alpha value is 0.130. The molecule has 2 heterocycles. The van der Waals surface area contributed by atoms with Crippen LogP contribution >= 0.6 is 36.2 Å². The van der Waals surface area contributed by atoms with Crippen LogP contribution in [0.2, 0.25) is 0 Å². The number of piperidine rings is 1. The molecule has 1 aliphatic rings. The minimum Gasteiger partial charge on any atom is -0.317 e. The summed E-state index contributed by atoms with van der Waals surface area (Å²) in [6.45, 7) is 13.5. The summed E-state index contributed by atoms with van der Waals surface area (Å²) >= 11 is 1.83. The predicted molar refractivity (Wildman–Crippen MR) is 102 cm³/mol. The molecule has 1 aromatic heterocycles. The fourth-order valence-electron chi connectivity index (χ4n) is 2.75. The van der Waals surface area contributed by atoms with Gasteiger partial charge in [0.2, 0.25) is 0 Å². The van der Waals surface area contributed by atoms with Crippen molar-refractivity contribution in [3.05, 3.63) is 16.1 Å². The molecule has 1 saturated heterocycles. The third-order valence-electron chi connectivity index (χ3n) is 3.99. The Labute approximate surface area is 152 Å². The molecule has 0 unspecified atom stereocenters. The maximum atomic E-state index is 4.86. The lowest BCUT2D eigenvalue weighted by atomic mass is 9.93. The van der Waals surface area contributed by atoms with E-state index in [4.69, 9.17) is 4.98 Å². The largest absolute Gasteiger partial charge is 0.317 e. The van der Waals surface area contributed by atoms with Crippen LogP contribution in [0.25, 0.3) is 0 Å². The van der Waals surface area contributed by atoms with Gasteiger partial charge in [0.05, 0.1) is 12.2 Å². The van der Waals surface area contributed by atoms with Crippen LogP contribution in [0.1, 0.15) is 57.7 Å². The Bertz CT molecular complexity index is 412. The summed E-state index contributed by atoms with van der Waals surface area (Å²) in [7, 11) is 0. The van der Waals surface area contributed by atoms with Crippen LogP contribution in [0.15, 0.2) is 5.38 Å². The van der Waals surface area contributed by atoms with Gasteiger partial charge in [-0.3, -0.25) is 4.90 Å². The van der Waals surface area contributed by atoms with Gasteiger partial charge in [-0.1, -0.05) is 27.7 Å². The number of rotatable bonds is 5. The van der Waals surface area contributed by atoms with Crippen LogP contribution in [0, 0.1) is 0 Å². The highest BCUT2D eigenvalue weighted by molar-refractivity contribution is 7.09. The standard InChI is InChI=1S/C16H29N3S.2ClH/c1-5-10-19(13-6-8-17-9-7-13)11-15-18-14(12-20-15)16(2,3)4;;/h12-13,17H,5-11H2,1-4H3;2*1H. The molecule has 0 spiro atoms. The van der Waals surface area contributed by atoms with E-state index in [1.54, 1.807) is 0 Å². The maximum Gasteiger partial charge on any atom is 0.107 e. The van der Waals surface area contributed by atoms with Crippen molar-refractivity contribution >= 4 is 36.2 Å². The van der Waals surface area contributed by atoms with Gasteiger partial charge in [0.25, 0.3) is 0 Å². The number of halogens is 2. The molecule has 0 atom stereocenters. The van der Waals surface area contributed by atoms with E-state index in [1.807, 2.05) is 11.3 Å². The summed E-state index contributed by atoms with van der Waals surface area (Å²) in [5, 5.41) is 6.98. The first-order chi connectivity index (χ1) is 9.50. The number of nitrogens with zero attached hydrogens (tertiary/aromatic N) is 2. The van der Waals surface area contributed by atoms with Crippen molar-refractivity contribution in [2.45, 2.75) is 65.0 Å². The zero-order valence-electron chi connectivity index (χ0n) is 14.2. The fourth-order valence-corrected chi connectivity index (χ4v) is 3.80. The highest BCUT2D eigenvalue weighted by atomic mass is 35.5. The molecule has 0 radical (unpaired) electrons. The summed E-state index contributed by atoms with van der Waals surface area (Å²) in [4.78, 5) is 7.50. The second-order valence-electron chi connectivity index (χ2n) is 6.83. The van der Waals surface area contributed by atoms with Crippen LogP contribution in [-0.2, 0) is 12.0 Å². The van der Waals surface area contributed by atoms with E-state index in [0.717, 1.165) is 25.7 Å². The summed E-state index contributed by atoms with van der Waals surface area (Å²) in [6.07, 6.45) is 3.77. The number of hydrogen-bond donors (Lipinski definition) is 1. The van der Waals surface area contributed by atoms with Crippen molar-refractivity contribution in [1.82, 2.24) is 15.2 Å². The first kappa shape index (κ1) is 22.1. The minimum atomic E-state index is 0. The Morgan fingerprint density at radius 2 is 1.91 bits per heavy atom. The molecule has 130 valence electrons. The number of nitrogens with one attached hydrogen (secondary N) is 1. The monoisotopic (exact) mass is 367 g/mol. The number of hydrogen-bond acceptors (Lipinski definition) is 4. The Kier molecular flexibility index (Phi) is 10.1. The molecule has 22 heavy (non-hydrogen) atoms. The lowest BCUT2D eigenvalue weighted by molar-refractivity contribution is 0.154. The van der Waals surface area contributed by atoms with Crippen molar-refractivity contribution < 1.29 is 0 Å².